The molecule has 2 heterocycles. The van der Waals surface area contributed by atoms with Gasteiger partial charge < -0.3 is 4.90 Å². The lowest BCUT2D eigenvalue weighted by molar-refractivity contribution is 0.388. The lowest BCUT2D eigenvalue weighted by atomic mass is 9.98. The van der Waals surface area contributed by atoms with Crippen LogP contribution in [0.2, 0.25) is 0 Å². The number of rotatable bonds is 11. The van der Waals surface area contributed by atoms with Gasteiger partial charge in [-0.05, 0) is 43.4 Å². The minimum atomic E-state index is -0.594. The maximum atomic E-state index is 14.0. The van der Waals surface area contributed by atoms with Crippen LogP contribution in [0.25, 0.3) is 22.5 Å². The Kier molecular flexibility index (Phi) is 9.47. The Hall–Kier alpha value is -3.85. The maximum Gasteiger partial charge on any atom is 0.439 e. The molecule has 0 aliphatic carbocycles. The van der Waals surface area contributed by atoms with Gasteiger partial charge in [0.15, 0.2) is 5.82 Å². The first kappa shape index (κ1) is 29.1. The van der Waals surface area contributed by atoms with Gasteiger partial charge in [-0.1, -0.05) is 86.2 Å². The summed E-state index contributed by atoms with van der Waals surface area (Å²) >= 11 is 5.71. The van der Waals surface area contributed by atoms with E-state index in [4.69, 9.17) is 21.7 Å². The van der Waals surface area contributed by atoms with Crippen molar-refractivity contribution < 1.29 is 4.52 Å². The van der Waals surface area contributed by atoms with Gasteiger partial charge >= 0.3 is 5.76 Å². The number of hydrogen-bond donors (Lipinski definition) is 1. The zero-order chi connectivity index (χ0) is 28.8. The van der Waals surface area contributed by atoms with Gasteiger partial charge in [-0.25, -0.2) is 9.78 Å². The summed E-state index contributed by atoms with van der Waals surface area (Å²) in [7, 11) is 1.97. The molecular weight excluding hydrogens is 522 g/mol. The van der Waals surface area contributed by atoms with Crippen LogP contribution in [0, 0.1) is 0 Å². The lowest BCUT2D eigenvalue weighted by Gasteiger charge is -2.25. The molecule has 8 nitrogen and oxygen atoms in total. The summed E-state index contributed by atoms with van der Waals surface area (Å²) < 4.78 is 6.53. The van der Waals surface area contributed by atoms with E-state index in [0.29, 0.717) is 30.8 Å². The predicted octanol–water partition coefficient (Wildman–Crippen LogP) is 5.42. The second kappa shape index (κ2) is 13.0. The summed E-state index contributed by atoms with van der Waals surface area (Å²) in [5, 5.41) is 3.85. The summed E-state index contributed by atoms with van der Waals surface area (Å²) in [6, 6.07) is 16.0. The number of aromatic amines is 1. The lowest BCUT2D eigenvalue weighted by Crippen LogP contribution is -2.37. The van der Waals surface area contributed by atoms with Crippen LogP contribution in [0.15, 0.2) is 62.6 Å². The van der Waals surface area contributed by atoms with E-state index in [1.807, 2.05) is 72.0 Å². The highest BCUT2D eigenvalue weighted by molar-refractivity contribution is 7.80. The Labute approximate surface area is 240 Å². The topological polar surface area (TPSA) is 97.0 Å². The SMILES string of the molecule is CCCCc1nc(CC)c(CC(=S)N(C)C(C)C)c(=O)n1Cc1ccc(-c2ccccc2-c2noc(=O)[nH]2)cc1. The van der Waals surface area contributed by atoms with Crippen molar-refractivity contribution in [3.05, 3.63) is 92.1 Å². The fourth-order valence-corrected chi connectivity index (χ4v) is 5.02. The van der Waals surface area contributed by atoms with Crippen LogP contribution >= 0.6 is 12.2 Å². The first-order chi connectivity index (χ1) is 19.2. The number of aromatic nitrogens is 4. The van der Waals surface area contributed by atoms with E-state index in [1.165, 1.54) is 0 Å². The Morgan fingerprint density at radius 3 is 2.38 bits per heavy atom. The highest BCUT2D eigenvalue weighted by Gasteiger charge is 2.19. The molecule has 0 fully saturated rings. The number of nitrogens with one attached hydrogen (secondary N) is 1. The second-order valence-electron chi connectivity index (χ2n) is 10.3. The zero-order valence-corrected chi connectivity index (χ0v) is 24.7. The predicted molar refractivity (Wildman–Crippen MR) is 163 cm³/mol. The minimum absolute atomic E-state index is 0.0122. The fourth-order valence-electron chi connectivity index (χ4n) is 4.67. The molecule has 4 rings (SSSR count). The quantitative estimate of drug-likeness (QED) is 0.245. The van der Waals surface area contributed by atoms with Crippen LogP contribution in [-0.4, -0.2) is 42.7 Å². The van der Waals surface area contributed by atoms with Crippen LogP contribution < -0.4 is 11.3 Å². The van der Waals surface area contributed by atoms with E-state index in [-0.39, 0.29) is 11.6 Å². The number of likely N-dealkylation sites (N-methyl/N-ethyl adjacent to an activating group) is 1. The molecule has 1 N–H and O–H groups in total. The zero-order valence-electron chi connectivity index (χ0n) is 23.9. The van der Waals surface area contributed by atoms with Crippen molar-refractivity contribution >= 4 is 17.2 Å². The van der Waals surface area contributed by atoms with Crippen LogP contribution in [0.4, 0.5) is 0 Å². The number of thiocarbonyl (C=S) groups is 1. The van der Waals surface area contributed by atoms with Crippen LogP contribution in [0.3, 0.4) is 0 Å². The molecule has 2 aromatic heterocycles. The third kappa shape index (κ3) is 6.47. The van der Waals surface area contributed by atoms with Crippen molar-refractivity contribution in [2.24, 2.45) is 0 Å². The molecule has 0 aliphatic heterocycles. The summed E-state index contributed by atoms with van der Waals surface area (Å²) in [4.78, 5) is 35.9. The van der Waals surface area contributed by atoms with E-state index < -0.39 is 5.76 Å². The first-order valence-electron chi connectivity index (χ1n) is 13.8. The fraction of sp³-hybridized carbons (Fsp3) is 0.387. The third-order valence-electron chi connectivity index (χ3n) is 7.24. The number of unbranched alkanes of at least 4 members (excludes halogenated alkanes) is 1. The molecule has 0 saturated carbocycles. The van der Waals surface area contributed by atoms with Gasteiger partial charge in [0.1, 0.15) is 5.82 Å². The second-order valence-corrected chi connectivity index (χ2v) is 10.7. The molecule has 0 radical (unpaired) electrons. The molecule has 0 saturated heterocycles. The van der Waals surface area contributed by atoms with Gasteiger partial charge in [0, 0.05) is 37.1 Å². The Morgan fingerprint density at radius 2 is 1.77 bits per heavy atom. The van der Waals surface area contributed by atoms with Crippen molar-refractivity contribution in [1.82, 2.24) is 24.6 Å². The van der Waals surface area contributed by atoms with Crippen molar-refractivity contribution in [3.8, 4) is 22.5 Å². The van der Waals surface area contributed by atoms with E-state index in [1.54, 1.807) is 0 Å². The van der Waals surface area contributed by atoms with E-state index in [2.05, 4.69) is 30.9 Å². The van der Waals surface area contributed by atoms with Gasteiger partial charge in [0.25, 0.3) is 5.56 Å². The molecule has 0 bridgehead atoms. The monoisotopic (exact) mass is 559 g/mol. The summed E-state index contributed by atoms with van der Waals surface area (Å²) in [5.74, 6) is 0.607. The smallest absolute Gasteiger partial charge is 0.367 e. The molecule has 0 spiro atoms. The van der Waals surface area contributed by atoms with E-state index in [0.717, 1.165) is 58.0 Å². The van der Waals surface area contributed by atoms with Crippen LogP contribution in [-0.2, 0) is 25.8 Å². The Morgan fingerprint density at radius 1 is 1.07 bits per heavy atom. The van der Waals surface area contributed by atoms with E-state index >= 15 is 0 Å². The minimum Gasteiger partial charge on any atom is -0.367 e. The molecule has 210 valence electrons. The van der Waals surface area contributed by atoms with Gasteiger partial charge in [-0.15, -0.1) is 0 Å². The first-order valence-corrected chi connectivity index (χ1v) is 14.3. The molecule has 0 amide bonds. The number of aryl methyl sites for hydroxylation is 2. The van der Waals surface area contributed by atoms with Gasteiger partial charge in [-0.2, -0.15) is 0 Å². The molecular formula is C31H37N5O3S. The number of H-pyrrole nitrogens is 1. The van der Waals surface area contributed by atoms with Gasteiger partial charge in [0.05, 0.1) is 17.2 Å². The largest absolute Gasteiger partial charge is 0.439 e. The standard InChI is InChI=1S/C31H37N5O3S/c1-6-8-13-27-32-26(7-2)25(18-28(40)35(5)20(3)4)30(37)36(27)19-21-14-16-22(17-15-21)23-11-9-10-12-24(23)29-33-31(38)39-34-29/h9-12,14-17,20H,6-8,13,18-19H2,1-5H3,(H,33,34,38). The molecule has 9 heteroatoms. The third-order valence-corrected chi connectivity index (χ3v) is 7.67. The van der Waals surface area contributed by atoms with Crippen LogP contribution in [0.5, 0.6) is 0 Å². The van der Waals surface area contributed by atoms with Gasteiger partial charge in [-0.3, -0.25) is 18.9 Å². The van der Waals surface area contributed by atoms with Crippen molar-refractivity contribution in [2.75, 3.05) is 7.05 Å². The van der Waals surface area contributed by atoms with Crippen molar-refractivity contribution in [3.63, 3.8) is 0 Å². The summed E-state index contributed by atoms with van der Waals surface area (Å²) in [6.45, 7) is 8.78. The number of nitrogens with zero attached hydrogens (tertiary/aromatic N) is 4. The highest BCUT2D eigenvalue weighted by Crippen LogP contribution is 2.30. The van der Waals surface area contributed by atoms with Crippen molar-refractivity contribution in [1.29, 1.82) is 0 Å². The Bertz CT molecular complexity index is 1580. The molecule has 2 aromatic carbocycles. The van der Waals surface area contributed by atoms with Crippen LogP contribution in [0.1, 0.15) is 63.2 Å². The number of hydrogen-bond acceptors (Lipinski definition) is 6. The molecule has 0 unspecified atom stereocenters. The summed E-state index contributed by atoms with van der Waals surface area (Å²) in [6.07, 6.45) is 3.82. The van der Waals surface area contributed by atoms with Gasteiger partial charge in [0.2, 0.25) is 0 Å². The molecule has 0 aliphatic rings. The average molecular weight is 560 g/mol. The molecule has 4 aromatic rings. The highest BCUT2D eigenvalue weighted by atomic mass is 32.1. The van der Waals surface area contributed by atoms with Crippen molar-refractivity contribution in [2.45, 2.75) is 72.4 Å². The van der Waals surface area contributed by atoms with E-state index in [9.17, 15) is 9.59 Å². The maximum absolute atomic E-state index is 14.0. The summed E-state index contributed by atoms with van der Waals surface area (Å²) in [5.41, 5.74) is 5.15. The number of benzene rings is 2. The molecule has 40 heavy (non-hydrogen) atoms. The molecule has 0 atom stereocenters. The average Bonchev–Trinajstić information content (AvgIpc) is 3.40. The normalized spacial score (nSPS) is 11.2. The Balaban J connectivity index is 1.69.